The SMILES string of the molecule is CC1(OC(=O)C(F)(F)SOOO)C2CC3C(O2)C1OS3(=O)=O. The second-order valence-corrected chi connectivity index (χ2v) is 7.79. The van der Waals surface area contributed by atoms with Crippen molar-refractivity contribution in [1.82, 2.24) is 0 Å². The van der Waals surface area contributed by atoms with Crippen molar-refractivity contribution in [3.8, 4) is 0 Å². The number of alkyl halides is 2. The van der Waals surface area contributed by atoms with Gasteiger partial charge >= 0.3 is 11.2 Å². The van der Waals surface area contributed by atoms with Crippen LogP contribution in [0.4, 0.5) is 8.78 Å². The van der Waals surface area contributed by atoms with Gasteiger partial charge in [0.1, 0.15) is 35.6 Å². The average molecular weight is 364 g/mol. The molecular weight excluding hydrogens is 354 g/mol. The van der Waals surface area contributed by atoms with Crippen LogP contribution in [0.2, 0.25) is 0 Å². The zero-order valence-electron chi connectivity index (χ0n) is 10.8. The first-order valence-electron chi connectivity index (χ1n) is 5.96. The third-order valence-corrected chi connectivity index (χ3v) is 6.15. The molecule has 13 heteroatoms. The number of ether oxygens (including phenoxy) is 2. The molecule has 0 saturated carbocycles. The van der Waals surface area contributed by atoms with Crippen LogP contribution in [0, 0.1) is 0 Å². The van der Waals surface area contributed by atoms with Gasteiger partial charge in [-0.1, -0.05) is 5.04 Å². The maximum Gasteiger partial charge on any atom is 0.415 e. The first-order valence-corrected chi connectivity index (χ1v) is 8.18. The van der Waals surface area contributed by atoms with E-state index in [9.17, 15) is 22.0 Å². The van der Waals surface area contributed by atoms with Crippen LogP contribution in [0.3, 0.4) is 0 Å². The molecule has 0 radical (unpaired) electrons. The molecular formula is C9H10F2O9S2. The Kier molecular flexibility index (Phi) is 3.67. The normalized spacial score (nSPS) is 41.8. The van der Waals surface area contributed by atoms with Gasteiger partial charge in [0, 0.05) is 0 Å². The Morgan fingerprint density at radius 2 is 2.18 bits per heavy atom. The maximum atomic E-state index is 13.4. The summed E-state index contributed by atoms with van der Waals surface area (Å²) < 4.78 is 68.9. The first kappa shape index (κ1) is 16.3. The summed E-state index contributed by atoms with van der Waals surface area (Å²) in [6.07, 6.45) is -2.92. The summed E-state index contributed by atoms with van der Waals surface area (Å²) in [5.74, 6) is -2.00. The lowest BCUT2D eigenvalue weighted by Gasteiger charge is -2.34. The van der Waals surface area contributed by atoms with Crippen LogP contribution in [0.25, 0.3) is 0 Å². The van der Waals surface area contributed by atoms with Gasteiger partial charge in [-0.25, -0.2) is 10.1 Å². The fraction of sp³-hybridized carbons (Fsp3) is 0.889. The third-order valence-electron chi connectivity index (χ3n) is 3.96. The number of rotatable bonds is 5. The Labute approximate surface area is 127 Å². The molecule has 0 aromatic heterocycles. The van der Waals surface area contributed by atoms with E-state index < -0.39 is 62.5 Å². The van der Waals surface area contributed by atoms with Gasteiger partial charge in [0.15, 0.2) is 5.60 Å². The lowest BCUT2D eigenvalue weighted by molar-refractivity contribution is -0.433. The van der Waals surface area contributed by atoms with E-state index >= 15 is 0 Å². The molecule has 22 heavy (non-hydrogen) atoms. The fourth-order valence-corrected chi connectivity index (χ4v) is 4.85. The maximum absolute atomic E-state index is 13.4. The summed E-state index contributed by atoms with van der Waals surface area (Å²) in [6, 6.07) is 0. The van der Waals surface area contributed by atoms with Gasteiger partial charge in [-0.15, -0.1) is 4.33 Å². The summed E-state index contributed by atoms with van der Waals surface area (Å²) >= 11 is -0.772. The molecule has 3 rings (SSSR count). The van der Waals surface area contributed by atoms with Gasteiger partial charge in [-0.3, -0.25) is 4.18 Å². The number of hydrogen-bond acceptors (Lipinski definition) is 10. The van der Waals surface area contributed by atoms with Crippen LogP contribution < -0.4 is 0 Å². The Morgan fingerprint density at radius 1 is 1.50 bits per heavy atom. The monoisotopic (exact) mass is 364 g/mol. The fourth-order valence-electron chi connectivity index (χ4n) is 2.95. The van der Waals surface area contributed by atoms with Gasteiger partial charge in [0.25, 0.3) is 10.1 Å². The topological polar surface area (TPSA) is 118 Å². The molecule has 0 spiro atoms. The number of fused-ring (bicyclic) bond motifs is 1. The van der Waals surface area contributed by atoms with E-state index in [1.807, 2.05) is 0 Å². The van der Waals surface area contributed by atoms with Crippen LogP contribution in [-0.2, 0) is 37.9 Å². The van der Waals surface area contributed by atoms with Crippen molar-refractivity contribution in [1.29, 1.82) is 0 Å². The summed E-state index contributed by atoms with van der Waals surface area (Å²) in [6.45, 7) is 1.27. The average Bonchev–Trinajstić information content (AvgIpc) is 3.01. The van der Waals surface area contributed by atoms with Crippen LogP contribution in [0.1, 0.15) is 13.3 Å². The van der Waals surface area contributed by atoms with Crippen molar-refractivity contribution < 1.29 is 50.3 Å². The lowest BCUT2D eigenvalue weighted by atomic mass is 9.83. The second kappa shape index (κ2) is 4.96. The molecule has 0 aromatic rings. The van der Waals surface area contributed by atoms with Crippen LogP contribution in [0.15, 0.2) is 0 Å². The van der Waals surface area contributed by atoms with Crippen molar-refractivity contribution in [2.45, 2.75) is 47.8 Å². The molecule has 3 heterocycles. The molecule has 9 nitrogen and oxygen atoms in total. The first-order chi connectivity index (χ1) is 10.1. The highest BCUT2D eigenvalue weighted by Gasteiger charge is 2.73. The Balaban J connectivity index is 1.77. The quantitative estimate of drug-likeness (QED) is 0.239. The molecule has 3 fully saturated rings. The highest BCUT2D eigenvalue weighted by atomic mass is 32.2. The summed E-state index contributed by atoms with van der Waals surface area (Å²) in [5.41, 5.74) is -1.67. The van der Waals surface area contributed by atoms with Crippen molar-refractivity contribution in [2.24, 2.45) is 0 Å². The minimum atomic E-state index is -4.19. The molecule has 0 aromatic carbocycles. The molecule has 2 bridgehead atoms. The molecule has 3 aliphatic heterocycles. The van der Waals surface area contributed by atoms with Crippen molar-refractivity contribution in [3.05, 3.63) is 0 Å². The van der Waals surface area contributed by atoms with E-state index in [0.717, 1.165) is 0 Å². The van der Waals surface area contributed by atoms with Crippen molar-refractivity contribution in [3.63, 3.8) is 0 Å². The summed E-state index contributed by atoms with van der Waals surface area (Å²) in [7, 11) is -3.87. The molecule has 0 amide bonds. The molecule has 3 aliphatic rings. The van der Waals surface area contributed by atoms with Crippen LogP contribution in [0.5, 0.6) is 0 Å². The van der Waals surface area contributed by atoms with E-state index in [-0.39, 0.29) is 6.42 Å². The number of carbonyl (C=O) groups excluding carboxylic acids is 1. The minimum absolute atomic E-state index is 0.0117. The highest BCUT2D eigenvalue weighted by molar-refractivity contribution is 7.96. The minimum Gasteiger partial charge on any atom is -0.448 e. The molecule has 3 saturated heterocycles. The molecule has 126 valence electrons. The van der Waals surface area contributed by atoms with Gasteiger partial charge in [0.05, 0.1) is 0 Å². The number of hydrogen-bond donors (Lipinski definition) is 1. The van der Waals surface area contributed by atoms with E-state index in [4.69, 9.17) is 18.9 Å². The number of esters is 1. The van der Waals surface area contributed by atoms with Gasteiger partial charge in [0.2, 0.25) is 0 Å². The molecule has 0 aliphatic carbocycles. The smallest absolute Gasteiger partial charge is 0.415 e. The van der Waals surface area contributed by atoms with E-state index in [1.54, 1.807) is 0 Å². The van der Waals surface area contributed by atoms with E-state index in [0.29, 0.717) is 0 Å². The second-order valence-electron chi connectivity index (χ2n) is 5.19. The van der Waals surface area contributed by atoms with Gasteiger partial charge in [-0.05, 0) is 13.3 Å². The van der Waals surface area contributed by atoms with Gasteiger partial charge < -0.3 is 9.47 Å². The molecule has 1 N–H and O–H groups in total. The Morgan fingerprint density at radius 3 is 2.82 bits per heavy atom. The van der Waals surface area contributed by atoms with Gasteiger partial charge in [-0.2, -0.15) is 17.2 Å². The van der Waals surface area contributed by atoms with E-state index in [1.165, 1.54) is 6.92 Å². The zero-order valence-corrected chi connectivity index (χ0v) is 12.4. The van der Waals surface area contributed by atoms with Crippen molar-refractivity contribution in [2.75, 3.05) is 0 Å². The summed E-state index contributed by atoms with van der Waals surface area (Å²) in [5, 5.41) is 5.77. The highest BCUT2D eigenvalue weighted by Crippen LogP contribution is 2.53. The van der Waals surface area contributed by atoms with Crippen LogP contribution >= 0.6 is 12.0 Å². The Bertz CT molecular complexity index is 596. The van der Waals surface area contributed by atoms with Crippen LogP contribution in [-0.4, -0.2) is 54.1 Å². The zero-order chi connectivity index (χ0) is 16.3. The third kappa shape index (κ3) is 2.23. The lowest BCUT2D eigenvalue weighted by Crippen LogP contribution is -2.53. The van der Waals surface area contributed by atoms with Crippen molar-refractivity contribution >= 4 is 28.1 Å². The number of carbonyl (C=O) groups is 1. The Hall–Kier alpha value is -0.570. The predicted molar refractivity (Wildman–Crippen MR) is 62.7 cm³/mol. The van der Waals surface area contributed by atoms with E-state index in [2.05, 4.69) is 9.37 Å². The largest absolute Gasteiger partial charge is 0.448 e. The summed E-state index contributed by atoms with van der Waals surface area (Å²) in [4.78, 5) is 11.6. The molecule has 5 unspecified atom stereocenters. The predicted octanol–water partition coefficient (Wildman–Crippen LogP) is 0.219. The molecule has 5 atom stereocenters. The number of halogens is 2. The standard InChI is InChI=1S/C9H10F2O9S2/c1-8(17-7(12)9(10,11)21-20-19-13)4-2-3-5(16-4)6(8)18-22(3,14)15/h3-6,13H,2H2,1H3.